The average Bonchev–Trinajstić information content (AvgIpc) is 2.84. The van der Waals surface area contributed by atoms with Crippen LogP contribution in [0.4, 0.5) is 4.39 Å². The number of hydrogen-bond acceptors (Lipinski definition) is 5. The molecule has 0 atom stereocenters. The summed E-state index contributed by atoms with van der Waals surface area (Å²) in [5, 5.41) is 0. The molecule has 0 saturated heterocycles. The van der Waals surface area contributed by atoms with Crippen molar-refractivity contribution in [2.75, 3.05) is 7.11 Å². The number of nitrogens with zero attached hydrogens (tertiary/aromatic N) is 1. The lowest BCUT2D eigenvalue weighted by Crippen LogP contribution is -2.30. The third kappa shape index (κ3) is 2.41. The average molecular weight is 265 g/mol. The third-order valence-corrected chi connectivity index (χ3v) is 2.55. The number of carbonyl (C=O) groups excluding carboxylic acids is 1. The number of oxazole rings is 1. The number of hydrazine groups is 1. The van der Waals surface area contributed by atoms with E-state index >= 15 is 0 Å². The first-order valence-corrected chi connectivity index (χ1v) is 5.38. The molecule has 0 fully saturated rings. The van der Waals surface area contributed by atoms with Gasteiger partial charge in [0.25, 0.3) is 5.91 Å². The molecular weight excluding hydrogens is 253 g/mol. The normalized spacial score (nSPS) is 10.3. The van der Waals surface area contributed by atoms with Gasteiger partial charge in [-0.15, -0.1) is 0 Å². The number of aryl methyl sites for hydroxylation is 1. The van der Waals surface area contributed by atoms with Crippen molar-refractivity contribution in [1.82, 2.24) is 10.4 Å². The predicted octanol–water partition coefficient (Wildman–Crippen LogP) is 1.40. The zero-order valence-corrected chi connectivity index (χ0v) is 10.4. The summed E-state index contributed by atoms with van der Waals surface area (Å²) in [7, 11) is 1.41. The molecule has 1 aromatic heterocycles. The minimum Gasteiger partial charge on any atom is -0.496 e. The van der Waals surface area contributed by atoms with Crippen LogP contribution in [-0.4, -0.2) is 18.0 Å². The molecule has 2 aromatic rings. The van der Waals surface area contributed by atoms with E-state index in [1.807, 2.05) is 5.43 Å². The first-order chi connectivity index (χ1) is 9.06. The van der Waals surface area contributed by atoms with E-state index in [4.69, 9.17) is 15.0 Å². The molecule has 7 heteroatoms. The number of hydrogen-bond donors (Lipinski definition) is 2. The molecule has 19 heavy (non-hydrogen) atoms. The Labute approximate surface area is 108 Å². The maximum atomic E-state index is 13.9. The summed E-state index contributed by atoms with van der Waals surface area (Å²) in [6.07, 6.45) is 1.45. The lowest BCUT2D eigenvalue weighted by molar-refractivity contribution is 0.0949. The van der Waals surface area contributed by atoms with Crippen LogP contribution in [0.1, 0.15) is 16.2 Å². The van der Waals surface area contributed by atoms with Gasteiger partial charge in [0, 0.05) is 6.92 Å². The molecule has 0 aliphatic heterocycles. The fourth-order valence-electron chi connectivity index (χ4n) is 1.65. The number of methoxy groups -OCH3 is 1. The minimum absolute atomic E-state index is 0.209. The number of benzene rings is 1. The molecule has 3 N–H and O–H groups in total. The molecule has 0 aliphatic carbocycles. The molecule has 0 saturated carbocycles. The van der Waals surface area contributed by atoms with Gasteiger partial charge < -0.3 is 9.15 Å². The van der Waals surface area contributed by atoms with Crippen LogP contribution in [0.3, 0.4) is 0 Å². The van der Waals surface area contributed by atoms with Crippen LogP contribution in [0.5, 0.6) is 5.75 Å². The van der Waals surface area contributed by atoms with Crippen molar-refractivity contribution in [3.05, 3.63) is 35.6 Å². The smallest absolute Gasteiger partial charge is 0.268 e. The summed E-state index contributed by atoms with van der Waals surface area (Å²) < 4.78 is 24.3. The van der Waals surface area contributed by atoms with E-state index in [-0.39, 0.29) is 11.3 Å². The Balaban J connectivity index is 2.57. The van der Waals surface area contributed by atoms with Crippen LogP contribution in [-0.2, 0) is 0 Å². The van der Waals surface area contributed by atoms with Crippen molar-refractivity contribution in [3.63, 3.8) is 0 Å². The molecule has 1 aromatic carbocycles. The minimum atomic E-state index is -0.740. The highest BCUT2D eigenvalue weighted by Crippen LogP contribution is 2.32. The van der Waals surface area contributed by atoms with Gasteiger partial charge >= 0.3 is 0 Å². The fourth-order valence-corrected chi connectivity index (χ4v) is 1.65. The monoisotopic (exact) mass is 265 g/mol. The van der Waals surface area contributed by atoms with Crippen molar-refractivity contribution in [2.24, 2.45) is 5.84 Å². The number of nitrogens with one attached hydrogen (secondary N) is 1. The molecule has 6 nitrogen and oxygen atoms in total. The van der Waals surface area contributed by atoms with Crippen LogP contribution in [0.25, 0.3) is 11.3 Å². The Hall–Kier alpha value is -2.41. The van der Waals surface area contributed by atoms with E-state index in [1.165, 1.54) is 19.4 Å². The highest BCUT2D eigenvalue weighted by atomic mass is 19.1. The standard InChI is InChI=1S/C12H12FN3O3/c1-6-15-5-11(19-6)8-3-9(13)7(12(17)16-14)4-10(8)18-2/h3-5H,14H2,1-2H3,(H,16,17). The van der Waals surface area contributed by atoms with E-state index in [9.17, 15) is 9.18 Å². The van der Waals surface area contributed by atoms with Gasteiger partial charge in [0.1, 0.15) is 11.6 Å². The Morgan fingerprint density at radius 3 is 2.79 bits per heavy atom. The molecule has 0 radical (unpaired) electrons. The second kappa shape index (κ2) is 5.07. The van der Waals surface area contributed by atoms with Gasteiger partial charge in [-0.1, -0.05) is 0 Å². The van der Waals surface area contributed by atoms with E-state index in [1.54, 1.807) is 6.92 Å². The van der Waals surface area contributed by atoms with Gasteiger partial charge in [0.15, 0.2) is 11.7 Å². The van der Waals surface area contributed by atoms with Crippen molar-refractivity contribution < 1.29 is 18.3 Å². The quantitative estimate of drug-likeness (QED) is 0.497. The van der Waals surface area contributed by atoms with Gasteiger partial charge in [-0.3, -0.25) is 10.2 Å². The SMILES string of the molecule is COc1cc(C(=O)NN)c(F)cc1-c1cnc(C)o1. The molecule has 1 heterocycles. The summed E-state index contributed by atoms with van der Waals surface area (Å²) in [5.41, 5.74) is 2.03. The number of amides is 1. The molecule has 0 bridgehead atoms. The molecular formula is C12H12FN3O3. The summed E-state index contributed by atoms with van der Waals surface area (Å²) >= 11 is 0. The number of carbonyl (C=O) groups is 1. The number of ether oxygens (including phenoxy) is 1. The van der Waals surface area contributed by atoms with E-state index in [0.717, 1.165) is 6.07 Å². The third-order valence-electron chi connectivity index (χ3n) is 2.55. The highest BCUT2D eigenvalue weighted by Gasteiger charge is 2.18. The summed E-state index contributed by atoms with van der Waals surface area (Å²) in [6.45, 7) is 1.67. The number of halogens is 1. The predicted molar refractivity (Wildman–Crippen MR) is 64.8 cm³/mol. The fraction of sp³-hybridized carbons (Fsp3) is 0.167. The Bertz CT molecular complexity index is 625. The van der Waals surface area contributed by atoms with Crippen LogP contribution in [0, 0.1) is 12.7 Å². The molecule has 0 spiro atoms. The van der Waals surface area contributed by atoms with E-state index in [2.05, 4.69) is 4.98 Å². The van der Waals surface area contributed by atoms with Crippen molar-refractivity contribution in [1.29, 1.82) is 0 Å². The van der Waals surface area contributed by atoms with Gasteiger partial charge in [0.2, 0.25) is 0 Å². The highest BCUT2D eigenvalue weighted by molar-refractivity contribution is 5.95. The molecule has 100 valence electrons. The zero-order chi connectivity index (χ0) is 14.0. The van der Waals surface area contributed by atoms with Crippen molar-refractivity contribution in [3.8, 4) is 17.1 Å². The van der Waals surface area contributed by atoms with Gasteiger partial charge in [-0.25, -0.2) is 15.2 Å². The second-order valence-electron chi connectivity index (χ2n) is 3.75. The topological polar surface area (TPSA) is 90.4 Å². The van der Waals surface area contributed by atoms with Crippen LogP contribution in [0.2, 0.25) is 0 Å². The number of aromatic nitrogens is 1. The molecule has 0 aliphatic rings. The largest absolute Gasteiger partial charge is 0.496 e. The van der Waals surface area contributed by atoms with Crippen LogP contribution in [0.15, 0.2) is 22.7 Å². The van der Waals surface area contributed by atoms with Gasteiger partial charge in [-0.05, 0) is 12.1 Å². The maximum absolute atomic E-state index is 13.9. The summed E-state index contributed by atoms with van der Waals surface area (Å²) in [5.74, 6) is 4.60. The van der Waals surface area contributed by atoms with E-state index in [0.29, 0.717) is 17.2 Å². The first kappa shape index (κ1) is 13.0. The Kier molecular flexibility index (Phi) is 3.48. The van der Waals surface area contributed by atoms with Crippen molar-refractivity contribution >= 4 is 5.91 Å². The maximum Gasteiger partial charge on any atom is 0.268 e. The number of nitrogens with two attached hydrogens (primary N) is 1. The van der Waals surface area contributed by atoms with Crippen LogP contribution >= 0.6 is 0 Å². The van der Waals surface area contributed by atoms with Gasteiger partial charge in [-0.2, -0.15) is 0 Å². The zero-order valence-electron chi connectivity index (χ0n) is 10.4. The Morgan fingerprint density at radius 1 is 1.53 bits per heavy atom. The lowest BCUT2D eigenvalue weighted by atomic mass is 10.1. The summed E-state index contributed by atoms with van der Waals surface area (Å²) in [4.78, 5) is 15.3. The lowest BCUT2D eigenvalue weighted by Gasteiger charge is -2.09. The molecule has 2 rings (SSSR count). The number of rotatable bonds is 3. The number of nitrogen functional groups attached to an aromatic ring is 1. The van der Waals surface area contributed by atoms with Crippen molar-refractivity contribution in [2.45, 2.75) is 6.92 Å². The Morgan fingerprint density at radius 2 is 2.26 bits per heavy atom. The first-order valence-electron chi connectivity index (χ1n) is 5.38. The summed E-state index contributed by atoms with van der Waals surface area (Å²) in [6, 6.07) is 2.40. The van der Waals surface area contributed by atoms with E-state index < -0.39 is 11.7 Å². The van der Waals surface area contributed by atoms with Gasteiger partial charge in [0.05, 0.1) is 24.4 Å². The molecule has 1 amide bonds. The second-order valence-corrected chi connectivity index (χ2v) is 3.75. The van der Waals surface area contributed by atoms with Crippen LogP contribution < -0.4 is 16.0 Å². The molecule has 0 unspecified atom stereocenters.